The summed E-state index contributed by atoms with van der Waals surface area (Å²) < 4.78 is 1.04. The van der Waals surface area contributed by atoms with Gasteiger partial charge in [0.1, 0.15) is 11.6 Å². The van der Waals surface area contributed by atoms with E-state index >= 15 is 0 Å². The topological polar surface area (TPSA) is 72.8 Å². The van der Waals surface area contributed by atoms with E-state index in [2.05, 4.69) is 49.6 Å². The summed E-state index contributed by atoms with van der Waals surface area (Å²) in [4.78, 5) is 8.36. The van der Waals surface area contributed by atoms with Crippen molar-refractivity contribution in [1.29, 1.82) is 0 Å². The van der Waals surface area contributed by atoms with Gasteiger partial charge in [-0.05, 0) is 42.0 Å². The molecule has 3 N–H and O–H groups in total. The molecule has 0 fully saturated rings. The van der Waals surface area contributed by atoms with E-state index in [-0.39, 0.29) is 5.75 Å². The number of aromatic nitrogens is 1. The van der Waals surface area contributed by atoms with Gasteiger partial charge in [0.05, 0.1) is 17.6 Å². The Hall–Kier alpha value is -3.38. The molecule has 6 heteroatoms. The smallest absolute Gasteiger partial charge is 0.127 e. The van der Waals surface area contributed by atoms with Crippen molar-refractivity contribution in [2.24, 2.45) is 10.1 Å². The van der Waals surface area contributed by atoms with Gasteiger partial charge in [0, 0.05) is 32.9 Å². The molecule has 0 atom stereocenters. The number of nitrogens with zero attached hydrogens (tertiary/aromatic N) is 2. The minimum absolute atomic E-state index is 0.190. The molecule has 0 unspecified atom stereocenters. The Morgan fingerprint density at radius 2 is 1.90 bits per heavy atom. The Bertz CT molecular complexity index is 1290. The first kappa shape index (κ1) is 17.7. The fourth-order valence-corrected chi connectivity index (χ4v) is 3.97. The highest BCUT2D eigenvalue weighted by molar-refractivity contribution is 9.10. The van der Waals surface area contributed by atoms with E-state index in [1.807, 2.05) is 30.3 Å². The number of amidine groups is 1. The van der Waals surface area contributed by atoms with Crippen LogP contribution in [0.25, 0.3) is 22.2 Å². The third-order valence-corrected chi connectivity index (χ3v) is 5.47. The highest BCUT2D eigenvalue weighted by Crippen LogP contribution is 2.39. The average molecular weight is 445 g/mol. The summed E-state index contributed by atoms with van der Waals surface area (Å²) in [5.74, 6) is 0.929. The number of nitrogens with one attached hydrogen (secondary N) is 2. The van der Waals surface area contributed by atoms with Crippen molar-refractivity contribution in [1.82, 2.24) is 10.4 Å². The van der Waals surface area contributed by atoms with Crippen LogP contribution in [0.15, 0.2) is 81.3 Å². The lowest BCUT2D eigenvalue weighted by molar-refractivity contribution is 0.474. The Morgan fingerprint density at radius 3 is 2.79 bits per heavy atom. The van der Waals surface area contributed by atoms with Crippen LogP contribution in [-0.4, -0.2) is 22.1 Å². The van der Waals surface area contributed by atoms with E-state index in [1.54, 1.807) is 24.4 Å². The number of fused-ring (bicyclic) bond motifs is 5. The number of rotatable bonds is 2. The van der Waals surface area contributed by atoms with Gasteiger partial charge in [-0.3, -0.25) is 5.43 Å². The first-order valence-corrected chi connectivity index (χ1v) is 10.0. The zero-order valence-corrected chi connectivity index (χ0v) is 16.9. The van der Waals surface area contributed by atoms with Crippen molar-refractivity contribution in [2.45, 2.75) is 6.42 Å². The number of benzene rings is 3. The Balaban J connectivity index is 1.57. The molecule has 5 rings (SSSR count). The van der Waals surface area contributed by atoms with Crippen molar-refractivity contribution in [3.05, 3.63) is 82.3 Å². The summed E-state index contributed by atoms with van der Waals surface area (Å²) in [7, 11) is 0. The predicted octanol–water partition coefficient (Wildman–Crippen LogP) is 5.51. The number of para-hydroxylation sites is 2. The van der Waals surface area contributed by atoms with Crippen molar-refractivity contribution < 1.29 is 5.11 Å². The number of phenols is 1. The third-order valence-electron chi connectivity index (χ3n) is 4.98. The highest BCUT2D eigenvalue weighted by Gasteiger charge is 2.21. The van der Waals surface area contributed by atoms with Crippen LogP contribution in [0.2, 0.25) is 0 Å². The predicted molar refractivity (Wildman–Crippen MR) is 121 cm³/mol. The average Bonchev–Trinajstić information content (AvgIpc) is 2.99. The van der Waals surface area contributed by atoms with Gasteiger partial charge in [0.15, 0.2) is 0 Å². The van der Waals surface area contributed by atoms with Crippen LogP contribution < -0.4 is 5.43 Å². The molecule has 1 aliphatic rings. The summed E-state index contributed by atoms with van der Waals surface area (Å²) in [6.07, 6.45) is 2.21. The molecule has 5 nitrogen and oxygen atoms in total. The van der Waals surface area contributed by atoms with E-state index in [0.29, 0.717) is 12.0 Å². The fourth-order valence-electron chi connectivity index (χ4n) is 3.61. The molecule has 0 bridgehead atoms. The SMILES string of the molecule is Oc1ccccc1C=NNC1=Nc2ccccc2-c2[nH]c3ccc(Br)cc3c2C1. The number of hydrogen-bond donors (Lipinski definition) is 3. The van der Waals surface area contributed by atoms with Gasteiger partial charge in [0.25, 0.3) is 0 Å². The number of H-pyrrole nitrogens is 1. The lowest BCUT2D eigenvalue weighted by Gasteiger charge is -2.05. The van der Waals surface area contributed by atoms with Crippen LogP contribution in [0.4, 0.5) is 5.69 Å². The van der Waals surface area contributed by atoms with E-state index in [4.69, 9.17) is 4.99 Å². The number of hydrogen-bond acceptors (Lipinski definition) is 4. The minimum Gasteiger partial charge on any atom is -0.507 e. The largest absolute Gasteiger partial charge is 0.507 e. The first-order chi connectivity index (χ1) is 14.2. The number of aliphatic imine (C=N–C) groups is 1. The summed E-state index contributed by atoms with van der Waals surface area (Å²) in [6, 6.07) is 21.4. The van der Waals surface area contributed by atoms with Gasteiger partial charge in [0.2, 0.25) is 0 Å². The molecule has 4 aromatic rings. The third kappa shape index (κ3) is 3.32. The minimum atomic E-state index is 0.190. The van der Waals surface area contributed by atoms with Gasteiger partial charge in [-0.1, -0.05) is 46.3 Å². The van der Waals surface area contributed by atoms with E-state index < -0.39 is 0 Å². The number of aromatic hydroxyl groups is 1. The molecule has 0 radical (unpaired) electrons. The standard InChI is InChI=1S/C23H17BrN4O/c24-15-9-10-20-17(11-15)18-12-22(28-25-13-14-5-1-4-8-21(14)29)26-19-7-3-2-6-16(19)23(18)27-20/h1-11,13,27,29H,12H2,(H,26,28). The number of aromatic amines is 1. The maximum absolute atomic E-state index is 9.91. The number of hydrazone groups is 1. The molecule has 0 aliphatic carbocycles. The normalized spacial score (nSPS) is 13.1. The molecule has 1 aromatic heterocycles. The second kappa shape index (κ2) is 7.22. The summed E-state index contributed by atoms with van der Waals surface area (Å²) in [5.41, 5.74) is 9.02. The highest BCUT2D eigenvalue weighted by atomic mass is 79.9. The van der Waals surface area contributed by atoms with Crippen molar-refractivity contribution in [2.75, 3.05) is 0 Å². The zero-order valence-electron chi connectivity index (χ0n) is 15.4. The lowest BCUT2D eigenvalue weighted by Crippen LogP contribution is -2.19. The van der Waals surface area contributed by atoms with E-state index in [1.165, 1.54) is 5.56 Å². The quantitative estimate of drug-likeness (QED) is 0.281. The molecule has 0 spiro atoms. The number of phenolic OH excluding ortho intramolecular Hbond substituents is 1. The van der Waals surface area contributed by atoms with Crippen LogP contribution in [-0.2, 0) is 6.42 Å². The molecule has 0 amide bonds. The second-order valence-electron chi connectivity index (χ2n) is 6.85. The van der Waals surface area contributed by atoms with E-state index in [9.17, 15) is 5.11 Å². The van der Waals surface area contributed by atoms with Crippen molar-refractivity contribution in [3.63, 3.8) is 0 Å². The summed E-state index contributed by atoms with van der Waals surface area (Å²) >= 11 is 3.58. The maximum Gasteiger partial charge on any atom is 0.127 e. The second-order valence-corrected chi connectivity index (χ2v) is 7.77. The van der Waals surface area contributed by atoms with Crippen molar-refractivity contribution >= 4 is 44.6 Å². The zero-order chi connectivity index (χ0) is 19.8. The lowest BCUT2D eigenvalue weighted by atomic mass is 10.0. The van der Waals surface area contributed by atoms with E-state index in [0.717, 1.165) is 38.2 Å². The van der Waals surface area contributed by atoms with Crippen LogP contribution in [0.1, 0.15) is 11.1 Å². The van der Waals surface area contributed by atoms with Gasteiger partial charge in [-0.2, -0.15) is 5.10 Å². The monoisotopic (exact) mass is 444 g/mol. The van der Waals surface area contributed by atoms with Gasteiger partial charge in [-0.25, -0.2) is 4.99 Å². The number of halogens is 1. The maximum atomic E-state index is 9.91. The van der Waals surface area contributed by atoms with Crippen molar-refractivity contribution in [3.8, 4) is 17.0 Å². The fraction of sp³-hybridized carbons (Fsp3) is 0.0435. The molecular formula is C23H17BrN4O. The molecule has 0 saturated heterocycles. The Kier molecular flexibility index (Phi) is 4.41. The Morgan fingerprint density at radius 1 is 1.07 bits per heavy atom. The van der Waals surface area contributed by atoms with Gasteiger partial charge < -0.3 is 10.1 Å². The van der Waals surface area contributed by atoms with Crippen LogP contribution in [0, 0.1) is 0 Å². The van der Waals surface area contributed by atoms with Crippen LogP contribution in [0.5, 0.6) is 5.75 Å². The van der Waals surface area contributed by atoms with Gasteiger partial charge >= 0.3 is 0 Å². The van der Waals surface area contributed by atoms with Gasteiger partial charge in [-0.15, -0.1) is 0 Å². The first-order valence-electron chi connectivity index (χ1n) is 9.23. The van der Waals surface area contributed by atoms with Crippen LogP contribution in [0.3, 0.4) is 0 Å². The summed E-state index contributed by atoms with van der Waals surface area (Å²) in [5, 5.41) is 15.4. The van der Waals surface area contributed by atoms with Crippen LogP contribution >= 0.6 is 15.9 Å². The Labute approximate surface area is 175 Å². The molecule has 1 aliphatic heterocycles. The summed E-state index contributed by atoms with van der Waals surface area (Å²) in [6.45, 7) is 0. The molecule has 0 saturated carbocycles. The molecular weight excluding hydrogens is 428 g/mol. The molecule has 3 aromatic carbocycles. The molecule has 29 heavy (non-hydrogen) atoms. The molecule has 2 heterocycles. The molecule has 142 valence electrons.